The zero-order chi connectivity index (χ0) is 37.2. The number of nitrogens with zero attached hydrogens (tertiary/aromatic N) is 3. The van der Waals surface area contributed by atoms with Crippen molar-refractivity contribution in [3.63, 3.8) is 0 Å². The molecule has 8 aromatic carbocycles. The molecule has 0 saturated heterocycles. The second-order valence-electron chi connectivity index (χ2n) is 14.9. The molecule has 0 radical (unpaired) electrons. The minimum absolute atomic E-state index is 0.00344. The molecule has 0 saturated carbocycles. The van der Waals surface area contributed by atoms with Gasteiger partial charge in [0.2, 0.25) is 5.96 Å². The van der Waals surface area contributed by atoms with Crippen molar-refractivity contribution in [3.8, 4) is 0 Å². The lowest BCUT2D eigenvalue weighted by Crippen LogP contribution is -2.74. The van der Waals surface area contributed by atoms with Gasteiger partial charge in [-0.15, -0.1) is 0 Å². The molecule has 2 atom stereocenters. The Morgan fingerprint density at radius 1 is 0.500 bits per heavy atom. The Morgan fingerprint density at radius 2 is 1.12 bits per heavy atom. The van der Waals surface area contributed by atoms with Crippen molar-refractivity contribution >= 4 is 95.5 Å². The minimum Gasteiger partial charge on any atom is -0.456 e. The number of hydrogen-bond donors (Lipinski definition) is 0. The third-order valence-electron chi connectivity index (χ3n) is 11.9. The van der Waals surface area contributed by atoms with E-state index in [0.717, 1.165) is 33.0 Å². The second-order valence-corrected chi connectivity index (χ2v) is 18.7. The summed E-state index contributed by atoms with van der Waals surface area (Å²) in [7, 11) is -2.69. The molecule has 0 amide bonds. The van der Waals surface area contributed by atoms with Crippen LogP contribution < -0.4 is 20.7 Å². The average Bonchev–Trinajstić information content (AvgIpc) is 3.79. The molecule has 5 heteroatoms. The van der Waals surface area contributed by atoms with Crippen LogP contribution in [0.25, 0.3) is 54.5 Å². The van der Waals surface area contributed by atoms with E-state index in [4.69, 9.17) is 14.4 Å². The van der Waals surface area contributed by atoms with E-state index in [1.165, 1.54) is 47.9 Å². The molecule has 0 bridgehead atoms. The highest BCUT2D eigenvalue weighted by Gasteiger charge is 2.30. The number of fused-ring (bicyclic) bond motifs is 8. The van der Waals surface area contributed by atoms with Crippen molar-refractivity contribution in [1.82, 2.24) is 4.57 Å². The van der Waals surface area contributed by atoms with Gasteiger partial charge >= 0.3 is 0 Å². The molecule has 2 unspecified atom stereocenters. The third-order valence-corrected chi connectivity index (χ3v) is 16.6. The average molecular weight is 736 g/mol. The summed E-state index contributed by atoms with van der Waals surface area (Å²) < 4.78 is 8.67. The summed E-state index contributed by atoms with van der Waals surface area (Å²) in [5.41, 5.74) is 5.09. The molecule has 10 aromatic rings. The Kier molecular flexibility index (Phi) is 7.51. The molecule has 1 aliphatic rings. The Labute approximate surface area is 325 Å². The highest BCUT2D eigenvalue weighted by Crippen LogP contribution is 2.40. The van der Waals surface area contributed by atoms with Gasteiger partial charge in [0, 0.05) is 39.7 Å². The number of aliphatic imine (C=N–C) groups is 2. The molecule has 267 valence electrons. The molecule has 11 rings (SSSR count). The SMILES string of the molecule is CC1N=C(n2c3cc4oc5ccccc5c4cc3c3c4ccccc4ccc32)N=CC1c1cccc([Si-](c2ccccc2)(c2ccccc2)c2ccccc2)c1. The van der Waals surface area contributed by atoms with Crippen molar-refractivity contribution in [1.29, 1.82) is 0 Å². The van der Waals surface area contributed by atoms with Crippen LogP contribution in [0.15, 0.2) is 202 Å². The number of benzene rings is 8. The van der Waals surface area contributed by atoms with Gasteiger partial charge in [0.15, 0.2) is 0 Å². The first kappa shape index (κ1) is 32.6. The van der Waals surface area contributed by atoms with Crippen molar-refractivity contribution in [3.05, 3.63) is 194 Å². The van der Waals surface area contributed by atoms with E-state index in [9.17, 15) is 0 Å². The molecule has 3 heterocycles. The largest absolute Gasteiger partial charge is 0.456 e. The number of aromatic nitrogens is 1. The van der Waals surface area contributed by atoms with Gasteiger partial charge in [-0.3, -0.25) is 4.57 Å². The van der Waals surface area contributed by atoms with Gasteiger partial charge in [0.1, 0.15) is 11.2 Å². The smallest absolute Gasteiger partial charge is 0.229 e. The summed E-state index contributed by atoms with van der Waals surface area (Å²) in [5, 5.41) is 12.5. The molecule has 0 N–H and O–H groups in total. The predicted octanol–water partition coefficient (Wildman–Crippen LogP) is 9.69. The molecular formula is C51H37N3OSi-. The van der Waals surface area contributed by atoms with Gasteiger partial charge < -0.3 is 4.42 Å². The van der Waals surface area contributed by atoms with Gasteiger partial charge in [0.25, 0.3) is 0 Å². The molecule has 1 aliphatic heterocycles. The Hall–Kier alpha value is -6.82. The van der Waals surface area contributed by atoms with Crippen LogP contribution in [-0.4, -0.2) is 30.9 Å². The van der Waals surface area contributed by atoms with Gasteiger partial charge in [-0.05, 0) is 49.5 Å². The number of hydrogen-bond acceptors (Lipinski definition) is 3. The zero-order valence-electron chi connectivity index (χ0n) is 30.9. The number of furan rings is 1. The second kappa shape index (κ2) is 12.9. The summed E-state index contributed by atoms with van der Waals surface area (Å²) in [6, 6.07) is 68.3. The monoisotopic (exact) mass is 735 g/mol. The van der Waals surface area contributed by atoms with E-state index in [1.807, 2.05) is 12.1 Å². The van der Waals surface area contributed by atoms with Crippen LogP contribution in [0, 0.1) is 0 Å². The first-order valence-electron chi connectivity index (χ1n) is 19.3. The molecule has 2 aromatic heterocycles. The van der Waals surface area contributed by atoms with E-state index < -0.39 is 8.07 Å². The summed E-state index contributed by atoms with van der Waals surface area (Å²) in [6.45, 7) is 2.22. The lowest BCUT2D eigenvalue weighted by Gasteiger charge is -2.47. The van der Waals surface area contributed by atoms with Gasteiger partial charge in [-0.1, -0.05) is 164 Å². The fraction of sp³-hybridized carbons (Fsp3) is 0.0588. The van der Waals surface area contributed by atoms with Crippen molar-refractivity contribution in [2.45, 2.75) is 18.9 Å². The zero-order valence-corrected chi connectivity index (χ0v) is 31.9. The molecule has 0 aliphatic carbocycles. The normalized spacial score (nSPS) is 16.0. The fourth-order valence-electron chi connectivity index (χ4n) is 9.31. The van der Waals surface area contributed by atoms with E-state index >= 15 is 0 Å². The first-order chi connectivity index (χ1) is 27.7. The van der Waals surface area contributed by atoms with Crippen LogP contribution in [0.5, 0.6) is 0 Å². The lowest BCUT2D eigenvalue weighted by molar-refractivity contribution is 0.669. The predicted molar refractivity (Wildman–Crippen MR) is 238 cm³/mol. The molecule has 0 fully saturated rings. The van der Waals surface area contributed by atoms with Crippen LogP contribution in [0.2, 0.25) is 0 Å². The van der Waals surface area contributed by atoms with Crippen molar-refractivity contribution < 1.29 is 4.42 Å². The maximum absolute atomic E-state index is 6.43. The van der Waals surface area contributed by atoms with Gasteiger partial charge in [0.05, 0.1) is 17.1 Å². The topological polar surface area (TPSA) is 42.8 Å². The fourth-order valence-corrected chi connectivity index (χ4v) is 14.1. The van der Waals surface area contributed by atoms with Crippen molar-refractivity contribution in [2.75, 3.05) is 0 Å². The quantitative estimate of drug-likeness (QED) is 0.128. The van der Waals surface area contributed by atoms with Crippen LogP contribution in [0.3, 0.4) is 0 Å². The van der Waals surface area contributed by atoms with Crippen LogP contribution in [0.4, 0.5) is 0 Å². The van der Waals surface area contributed by atoms with Gasteiger partial charge in [-0.25, -0.2) is 9.98 Å². The van der Waals surface area contributed by atoms with Crippen molar-refractivity contribution in [2.24, 2.45) is 9.98 Å². The maximum atomic E-state index is 6.43. The highest BCUT2D eigenvalue weighted by molar-refractivity contribution is 7.19. The van der Waals surface area contributed by atoms with E-state index in [-0.39, 0.29) is 12.0 Å². The van der Waals surface area contributed by atoms with Crippen LogP contribution in [0.1, 0.15) is 18.4 Å². The Balaban J connectivity index is 1.07. The van der Waals surface area contributed by atoms with Crippen LogP contribution in [-0.2, 0) is 0 Å². The first-order valence-corrected chi connectivity index (χ1v) is 21.3. The van der Waals surface area contributed by atoms with E-state index in [0.29, 0.717) is 5.96 Å². The minimum atomic E-state index is -2.69. The Morgan fingerprint density at radius 3 is 1.82 bits per heavy atom. The summed E-state index contributed by atoms with van der Waals surface area (Å²) >= 11 is 0. The molecule has 0 spiro atoms. The molecule has 56 heavy (non-hydrogen) atoms. The third kappa shape index (κ3) is 4.91. The Bertz CT molecular complexity index is 3070. The molecular weight excluding hydrogens is 699 g/mol. The van der Waals surface area contributed by atoms with E-state index in [2.05, 4.69) is 194 Å². The maximum Gasteiger partial charge on any atom is 0.229 e. The number of rotatable bonds is 5. The van der Waals surface area contributed by atoms with Gasteiger partial charge in [-0.2, -0.15) is 20.7 Å². The summed E-state index contributed by atoms with van der Waals surface area (Å²) in [4.78, 5) is 10.6. The number of para-hydroxylation sites is 1. The van der Waals surface area contributed by atoms with Crippen LogP contribution >= 0.6 is 0 Å². The summed E-state index contributed by atoms with van der Waals surface area (Å²) in [5.74, 6) is 0.695. The summed E-state index contributed by atoms with van der Waals surface area (Å²) in [6.07, 6.45) is 2.13. The lowest BCUT2D eigenvalue weighted by atomic mass is 9.93. The standard InChI is InChI=1S/C51H37N3OSi/c1-34-45(36-17-15-24-40(30-36)56(37-18-5-2-6-19-37,38-20-7-3-8-21-38)39-22-9-4-10-23-39)33-52-51(53-34)54-46-29-28-35-16-11-12-25-41(35)50(46)44-31-43-42-26-13-14-27-48(42)55-49(43)32-47(44)54/h2-34,45H,1H3/q-1. The molecule has 4 nitrogen and oxygen atoms in total. The highest BCUT2D eigenvalue weighted by atomic mass is 28.3. The van der Waals surface area contributed by atoms with E-state index in [1.54, 1.807) is 0 Å².